The van der Waals surface area contributed by atoms with E-state index in [0.29, 0.717) is 24.4 Å². The van der Waals surface area contributed by atoms with Crippen molar-refractivity contribution in [3.05, 3.63) is 88.7 Å². The van der Waals surface area contributed by atoms with Gasteiger partial charge >= 0.3 is 5.97 Å². The predicted octanol–water partition coefficient (Wildman–Crippen LogP) is 4.59. The molecule has 0 aliphatic carbocycles. The Morgan fingerprint density at radius 2 is 1.69 bits per heavy atom. The molecule has 2 aromatic carbocycles. The minimum absolute atomic E-state index is 0.336. The van der Waals surface area contributed by atoms with Crippen LogP contribution in [-0.4, -0.2) is 22.4 Å². The Bertz CT molecular complexity index is 897. The van der Waals surface area contributed by atoms with E-state index in [0.717, 1.165) is 16.8 Å². The molecule has 0 aliphatic heterocycles. The monoisotopic (exact) mass is 346 g/mol. The average molecular weight is 346 g/mol. The third-order valence-corrected chi connectivity index (χ3v) is 4.12. The van der Waals surface area contributed by atoms with Crippen LogP contribution < -0.4 is 0 Å². The van der Waals surface area contributed by atoms with E-state index in [1.54, 1.807) is 6.92 Å². The molecule has 0 aliphatic rings. The molecule has 3 aromatic rings. The standard InChI is InChI=1S/C22H22N2O2/c1-3-26-22(25)21-17(2)24(16-19-12-8-5-9-13-19)23-20(21)15-14-18-10-6-4-7-11-18/h4-15H,3,16H2,1-2H3/b15-14+. The highest BCUT2D eigenvalue weighted by Crippen LogP contribution is 2.19. The Balaban J connectivity index is 1.97. The summed E-state index contributed by atoms with van der Waals surface area (Å²) in [5.41, 5.74) is 4.14. The van der Waals surface area contributed by atoms with Crippen molar-refractivity contribution in [2.45, 2.75) is 20.4 Å². The molecule has 0 fully saturated rings. The van der Waals surface area contributed by atoms with Crippen molar-refractivity contribution in [1.29, 1.82) is 0 Å². The summed E-state index contributed by atoms with van der Waals surface area (Å²) in [6.45, 7) is 4.66. The molecular formula is C22H22N2O2. The lowest BCUT2D eigenvalue weighted by Crippen LogP contribution is -2.08. The number of esters is 1. The number of ether oxygens (including phenoxy) is 1. The molecule has 0 N–H and O–H groups in total. The fourth-order valence-electron chi connectivity index (χ4n) is 2.79. The summed E-state index contributed by atoms with van der Waals surface area (Å²) in [5, 5.41) is 4.65. The zero-order valence-corrected chi connectivity index (χ0v) is 15.1. The van der Waals surface area contributed by atoms with Gasteiger partial charge in [0.25, 0.3) is 0 Å². The van der Waals surface area contributed by atoms with Gasteiger partial charge in [-0.1, -0.05) is 66.7 Å². The topological polar surface area (TPSA) is 44.1 Å². The highest BCUT2D eigenvalue weighted by Gasteiger charge is 2.21. The minimum Gasteiger partial charge on any atom is -0.462 e. The van der Waals surface area contributed by atoms with E-state index in [-0.39, 0.29) is 5.97 Å². The van der Waals surface area contributed by atoms with Crippen molar-refractivity contribution in [3.63, 3.8) is 0 Å². The van der Waals surface area contributed by atoms with E-state index in [4.69, 9.17) is 4.74 Å². The van der Waals surface area contributed by atoms with Gasteiger partial charge in [0, 0.05) is 0 Å². The number of hydrogen-bond donors (Lipinski definition) is 0. The van der Waals surface area contributed by atoms with Crippen molar-refractivity contribution >= 4 is 18.1 Å². The maximum atomic E-state index is 12.5. The zero-order valence-electron chi connectivity index (χ0n) is 15.1. The molecule has 0 radical (unpaired) electrons. The number of benzene rings is 2. The molecule has 26 heavy (non-hydrogen) atoms. The Kier molecular flexibility index (Phi) is 5.64. The lowest BCUT2D eigenvalue weighted by Gasteiger charge is -2.05. The maximum absolute atomic E-state index is 12.5. The lowest BCUT2D eigenvalue weighted by atomic mass is 10.1. The van der Waals surface area contributed by atoms with Gasteiger partial charge in [-0.15, -0.1) is 0 Å². The number of aromatic nitrogens is 2. The fraction of sp³-hybridized carbons (Fsp3) is 0.182. The van der Waals surface area contributed by atoms with Crippen molar-refractivity contribution in [3.8, 4) is 0 Å². The minimum atomic E-state index is -0.336. The summed E-state index contributed by atoms with van der Waals surface area (Å²) < 4.78 is 7.09. The summed E-state index contributed by atoms with van der Waals surface area (Å²) in [6.07, 6.45) is 3.83. The number of hydrogen-bond acceptors (Lipinski definition) is 3. The van der Waals surface area contributed by atoms with Crippen LogP contribution in [0.1, 0.15) is 39.8 Å². The van der Waals surface area contributed by atoms with E-state index >= 15 is 0 Å². The molecule has 0 spiro atoms. The first-order valence-electron chi connectivity index (χ1n) is 8.70. The summed E-state index contributed by atoms with van der Waals surface area (Å²) in [5.74, 6) is -0.336. The summed E-state index contributed by atoms with van der Waals surface area (Å²) in [7, 11) is 0. The van der Waals surface area contributed by atoms with Gasteiger partial charge < -0.3 is 4.74 Å². The van der Waals surface area contributed by atoms with Crippen LogP contribution in [0.25, 0.3) is 12.2 Å². The van der Waals surface area contributed by atoms with Gasteiger partial charge in [-0.2, -0.15) is 5.10 Å². The molecular weight excluding hydrogens is 324 g/mol. The molecule has 0 amide bonds. The quantitative estimate of drug-likeness (QED) is 0.613. The predicted molar refractivity (Wildman–Crippen MR) is 104 cm³/mol. The van der Waals surface area contributed by atoms with Crippen LogP contribution >= 0.6 is 0 Å². The molecule has 0 atom stereocenters. The van der Waals surface area contributed by atoms with E-state index in [1.165, 1.54) is 0 Å². The van der Waals surface area contributed by atoms with Gasteiger partial charge in [-0.25, -0.2) is 4.79 Å². The van der Waals surface area contributed by atoms with E-state index < -0.39 is 0 Å². The van der Waals surface area contributed by atoms with E-state index in [1.807, 2.05) is 84.4 Å². The summed E-state index contributed by atoms with van der Waals surface area (Å²) in [4.78, 5) is 12.5. The van der Waals surface area contributed by atoms with Crippen LogP contribution in [-0.2, 0) is 11.3 Å². The fourth-order valence-corrected chi connectivity index (χ4v) is 2.79. The van der Waals surface area contributed by atoms with Gasteiger partial charge in [0.15, 0.2) is 0 Å². The number of nitrogens with zero attached hydrogens (tertiary/aromatic N) is 2. The van der Waals surface area contributed by atoms with E-state index in [2.05, 4.69) is 5.10 Å². The molecule has 4 nitrogen and oxygen atoms in total. The van der Waals surface area contributed by atoms with Gasteiger partial charge in [0.05, 0.1) is 24.5 Å². The maximum Gasteiger partial charge on any atom is 0.342 e. The highest BCUT2D eigenvalue weighted by molar-refractivity contribution is 5.95. The van der Waals surface area contributed by atoms with Crippen LogP contribution in [0.5, 0.6) is 0 Å². The first-order valence-corrected chi connectivity index (χ1v) is 8.70. The smallest absolute Gasteiger partial charge is 0.342 e. The summed E-state index contributed by atoms with van der Waals surface area (Å²) in [6, 6.07) is 20.0. The number of carbonyl (C=O) groups excluding carboxylic acids is 1. The third-order valence-electron chi connectivity index (χ3n) is 4.12. The van der Waals surface area contributed by atoms with Crippen LogP contribution in [0, 0.1) is 6.92 Å². The number of carbonyl (C=O) groups is 1. The Hall–Kier alpha value is -3.14. The van der Waals surface area contributed by atoms with Crippen LogP contribution in [0.15, 0.2) is 60.7 Å². The van der Waals surface area contributed by atoms with Gasteiger partial charge in [0.1, 0.15) is 5.56 Å². The van der Waals surface area contributed by atoms with Gasteiger partial charge in [0.2, 0.25) is 0 Å². The Morgan fingerprint density at radius 3 is 2.35 bits per heavy atom. The lowest BCUT2D eigenvalue weighted by molar-refractivity contribution is 0.0525. The normalized spacial score (nSPS) is 11.0. The first kappa shape index (κ1) is 17.7. The van der Waals surface area contributed by atoms with Crippen molar-refractivity contribution in [1.82, 2.24) is 9.78 Å². The second-order valence-corrected chi connectivity index (χ2v) is 5.95. The van der Waals surface area contributed by atoms with Crippen molar-refractivity contribution in [2.24, 2.45) is 0 Å². The Morgan fingerprint density at radius 1 is 1.04 bits per heavy atom. The second kappa shape index (κ2) is 8.30. The molecule has 1 heterocycles. The van der Waals surface area contributed by atoms with E-state index in [9.17, 15) is 4.79 Å². The van der Waals surface area contributed by atoms with Gasteiger partial charge in [-0.05, 0) is 31.1 Å². The van der Waals surface area contributed by atoms with Crippen molar-refractivity contribution in [2.75, 3.05) is 6.61 Å². The largest absolute Gasteiger partial charge is 0.462 e. The first-order chi connectivity index (χ1) is 12.7. The molecule has 0 bridgehead atoms. The molecule has 4 heteroatoms. The summed E-state index contributed by atoms with van der Waals surface area (Å²) >= 11 is 0. The van der Waals surface area contributed by atoms with Crippen LogP contribution in [0.4, 0.5) is 0 Å². The number of rotatable bonds is 6. The highest BCUT2D eigenvalue weighted by atomic mass is 16.5. The van der Waals surface area contributed by atoms with Crippen LogP contribution in [0.3, 0.4) is 0 Å². The van der Waals surface area contributed by atoms with Crippen LogP contribution in [0.2, 0.25) is 0 Å². The zero-order chi connectivity index (χ0) is 18.4. The molecule has 132 valence electrons. The van der Waals surface area contributed by atoms with Gasteiger partial charge in [-0.3, -0.25) is 4.68 Å². The molecule has 0 saturated carbocycles. The third kappa shape index (κ3) is 4.09. The van der Waals surface area contributed by atoms with Crippen molar-refractivity contribution < 1.29 is 9.53 Å². The molecule has 0 unspecified atom stereocenters. The molecule has 0 saturated heterocycles. The SMILES string of the molecule is CCOC(=O)c1c(/C=C/c2ccccc2)nn(Cc2ccccc2)c1C. The average Bonchev–Trinajstić information content (AvgIpc) is 2.97. The Labute approximate surface area is 153 Å². The molecule has 3 rings (SSSR count). The molecule has 1 aromatic heterocycles. The second-order valence-electron chi connectivity index (χ2n) is 5.95.